The topological polar surface area (TPSA) is 82.0 Å². The number of hydrogen-bond acceptors (Lipinski definition) is 5. The normalized spacial score (nSPS) is 10.3. The minimum Gasteiger partial charge on any atom is -0.393 e. The van der Waals surface area contributed by atoms with Gasteiger partial charge in [-0.25, -0.2) is 4.98 Å². The molecule has 1 aromatic carbocycles. The van der Waals surface area contributed by atoms with Gasteiger partial charge in [0.15, 0.2) is 0 Å². The molecule has 2 rings (SSSR count). The third-order valence-electron chi connectivity index (χ3n) is 2.12. The highest BCUT2D eigenvalue weighted by atomic mass is 79.9. The average Bonchev–Trinajstić information content (AvgIpc) is 2.32. The first-order valence-electron chi connectivity index (χ1n) is 4.89. The molecule has 0 bridgehead atoms. The zero-order chi connectivity index (χ0) is 13.1. The quantitative estimate of drug-likeness (QED) is 0.530. The van der Waals surface area contributed by atoms with E-state index in [1.54, 1.807) is 18.3 Å². The number of halogens is 1. The summed E-state index contributed by atoms with van der Waals surface area (Å²) in [6, 6.07) is 8.36. The maximum Gasteiger partial charge on any atom is 0.292 e. The molecule has 2 N–H and O–H groups in total. The van der Waals surface area contributed by atoms with Crippen LogP contribution in [0, 0.1) is 10.1 Å². The Morgan fingerprint density at radius 1 is 1.33 bits per heavy atom. The van der Waals surface area contributed by atoms with E-state index in [2.05, 4.69) is 20.9 Å². The molecule has 5 nitrogen and oxygen atoms in total. The van der Waals surface area contributed by atoms with Gasteiger partial charge in [0, 0.05) is 21.6 Å². The van der Waals surface area contributed by atoms with E-state index in [1.807, 2.05) is 12.1 Å². The van der Waals surface area contributed by atoms with Crippen LogP contribution in [0.1, 0.15) is 0 Å². The van der Waals surface area contributed by atoms with Crippen molar-refractivity contribution in [2.75, 3.05) is 5.73 Å². The summed E-state index contributed by atoms with van der Waals surface area (Å²) in [6.07, 6.45) is 1.69. The molecule has 1 aromatic heterocycles. The summed E-state index contributed by atoms with van der Waals surface area (Å²) in [5, 5.41) is 11.4. The summed E-state index contributed by atoms with van der Waals surface area (Å²) < 4.78 is 0.898. The molecule has 7 heteroatoms. The zero-order valence-electron chi connectivity index (χ0n) is 9.04. The number of benzene rings is 1. The van der Waals surface area contributed by atoms with Crippen LogP contribution >= 0.6 is 27.7 Å². The maximum absolute atomic E-state index is 10.6. The Morgan fingerprint density at radius 2 is 2.11 bits per heavy atom. The van der Waals surface area contributed by atoms with Crippen LogP contribution < -0.4 is 5.73 Å². The lowest BCUT2D eigenvalue weighted by molar-refractivity contribution is -0.383. The molecule has 0 atom stereocenters. The van der Waals surface area contributed by atoms with Crippen LogP contribution in [0.4, 0.5) is 11.4 Å². The number of nitrogens with zero attached hydrogens (tertiary/aromatic N) is 2. The summed E-state index contributed by atoms with van der Waals surface area (Å²) in [5.74, 6) is 0. The Labute approximate surface area is 116 Å². The molecule has 0 amide bonds. The van der Waals surface area contributed by atoms with Crippen LogP contribution in [0.25, 0.3) is 0 Å². The van der Waals surface area contributed by atoms with E-state index < -0.39 is 4.92 Å². The number of nitro groups is 1. The molecule has 0 unspecified atom stereocenters. The lowest BCUT2D eigenvalue weighted by atomic mass is 10.3. The first-order valence-corrected chi connectivity index (χ1v) is 6.50. The van der Waals surface area contributed by atoms with Crippen LogP contribution in [0.2, 0.25) is 0 Å². The number of anilines is 1. The highest BCUT2D eigenvalue weighted by Crippen LogP contribution is 2.31. The molecule has 92 valence electrons. The largest absolute Gasteiger partial charge is 0.393 e. The number of hydrogen-bond donors (Lipinski definition) is 1. The van der Waals surface area contributed by atoms with E-state index in [9.17, 15) is 10.1 Å². The predicted octanol–water partition coefficient (Wildman–Crippen LogP) is 3.49. The van der Waals surface area contributed by atoms with Crippen molar-refractivity contribution in [3.8, 4) is 0 Å². The molecule has 0 fully saturated rings. The lowest BCUT2D eigenvalue weighted by Gasteiger charge is -2.02. The van der Waals surface area contributed by atoms with Gasteiger partial charge < -0.3 is 5.73 Å². The third-order valence-corrected chi connectivity index (χ3v) is 3.53. The molecule has 0 saturated carbocycles. The predicted molar refractivity (Wildman–Crippen MR) is 73.6 cm³/mol. The van der Waals surface area contributed by atoms with Gasteiger partial charge in [0.25, 0.3) is 5.69 Å². The van der Waals surface area contributed by atoms with E-state index in [0.29, 0.717) is 0 Å². The Hall–Kier alpha value is -1.60. The van der Waals surface area contributed by atoms with Gasteiger partial charge in [0.1, 0.15) is 10.7 Å². The summed E-state index contributed by atoms with van der Waals surface area (Å²) in [5.41, 5.74) is 5.69. The molecule has 0 spiro atoms. The minimum atomic E-state index is -0.498. The van der Waals surface area contributed by atoms with E-state index in [1.165, 1.54) is 17.8 Å². The summed E-state index contributed by atoms with van der Waals surface area (Å²) in [6.45, 7) is 0. The number of nitrogen functional groups attached to an aromatic ring is 1. The summed E-state index contributed by atoms with van der Waals surface area (Å²) >= 11 is 4.70. The van der Waals surface area contributed by atoms with Gasteiger partial charge in [-0.15, -0.1) is 0 Å². The minimum absolute atomic E-state index is 0.0804. The first kappa shape index (κ1) is 12.8. The Bertz CT molecular complexity index is 589. The van der Waals surface area contributed by atoms with Crippen molar-refractivity contribution in [3.63, 3.8) is 0 Å². The van der Waals surface area contributed by atoms with E-state index >= 15 is 0 Å². The summed E-state index contributed by atoms with van der Waals surface area (Å²) in [4.78, 5) is 15.1. The SMILES string of the molecule is Nc1cc(Sc2ccc(Br)cn2)ccc1[N+](=O)[O-]. The summed E-state index contributed by atoms with van der Waals surface area (Å²) in [7, 11) is 0. The third kappa shape index (κ3) is 2.99. The lowest BCUT2D eigenvalue weighted by Crippen LogP contribution is -1.95. The molecule has 0 aliphatic rings. The first-order chi connectivity index (χ1) is 8.56. The van der Waals surface area contributed by atoms with Gasteiger partial charge in [0.05, 0.1) is 4.92 Å². The van der Waals surface area contributed by atoms with Gasteiger partial charge in [0.2, 0.25) is 0 Å². The molecule has 2 aromatic rings. The van der Waals surface area contributed by atoms with Crippen LogP contribution in [-0.4, -0.2) is 9.91 Å². The molecule has 0 aliphatic carbocycles. The molecular formula is C11H8BrN3O2S. The second-order valence-corrected chi connectivity index (χ2v) is 5.40. The van der Waals surface area contributed by atoms with E-state index in [4.69, 9.17) is 5.73 Å². The highest BCUT2D eigenvalue weighted by Gasteiger charge is 2.11. The monoisotopic (exact) mass is 325 g/mol. The van der Waals surface area contributed by atoms with Crippen LogP contribution in [0.3, 0.4) is 0 Å². The number of pyridine rings is 1. The van der Waals surface area contributed by atoms with E-state index in [0.717, 1.165) is 14.4 Å². The van der Waals surface area contributed by atoms with Crippen molar-refractivity contribution < 1.29 is 4.92 Å². The van der Waals surface area contributed by atoms with Crippen molar-refractivity contribution in [1.29, 1.82) is 0 Å². The van der Waals surface area contributed by atoms with Crippen molar-refractivity contribution in [3.05, 3.63) is 51.1 Å². The number of rotatable bonds is 3. The standard InChI is InChI=1S/C11H8BrN3O2S/c12-7-1-4-11(14-6-7)18-8-2-3-10(15(16)17)9(13)5-8/h1-6H,13H2. The van der Waals surface area contributed by atoms with Gasteiger partial charge >= 0.3 is 0 Å². The fourth-order valence-electron chi connectivity index (χ4n) is 1.31. The van der Waals surface area contributed by atoms with Crippen molar-refractivity contribution in [2.24, 2.45) is 0 Å². The fourth-order valence-corrected chi connectivity index (χ4v) is 2.35. The number of nitro benzene ring substituents is 1. The van der Waals surface area contributed by atoms with Crippen LogP contribution in [-0.2, 0) is 0 Å². The zero-order valence-corrected chi connectivity index (χ0v) is 11.4. The molecular weight excluding hydrogens is 318 g/mol. The van der Waals surface area contributed by atoms with Gasteiger partial charge in [-0.1, -0.05) is 11.8 Å². The smallest absolute Gasteiger partial charge is 0.292 e. The van der Waals surface area contributed by atoms with Gasteiger partial charge in [-0.2, -0.15) is 0 Å². The Balaban J connectivity index is 2.22. The number of aromatic nitrogens is 1. The van der Waals surface area contributed by atoms with Gasteiger partial charge in [-0.05, 0) is 40.2 Å². The second-order valence-electron chi connectivity index (χ2n) is 3.39. The Morgan fingerprint density at radius 3 is 2.67 bits per heavy atom. The van der Waals surface area contributed by atoms with Crippen molar-refractivity contribution in [1.82, 2.24) is 4.98 Å². The van der Waals surface area contributed by atoms with E-state index in [-0.39, 0.29) is 11.4 Å². The molecule has 0 saturated heterocycles. The van der Waals surface area contributed by atoms with Crippen molar-refractivity contribution >= 4 is 39.1 Å². The van der Waals surface area contributed by atoms with Crippen LogP contribution in [0.15, 0.2) is 50.9 Å². The highest BCUT2D eigenvalue weighted by molar-refractivity contribution is 9.10. The molecule has 0 aliphatic heterocycles. The van der Waals surface area contributed by atoms with Crippen molar-refractivity contribution in [2.45, 2.75) is 9.92 Å². The van der Waals surface area contributed by atoms with Crippen LogP contribution in [0.5, 0.6) is 0 Å². The molecule has 1 heterocycles. The number of nitrogens with two attached hydrogens (primary N) is 1. The molecule has 0 radical (unpaired) electrons. The van der Waals surface area contributed by atoms with Gasteiger partial charge in [-0.3, -0.25) is 10.1 Å². The molecule has 18 heavy (non-hydrogen) atoms. The fraction of sp³-hybridized carbons (Fsp3) is 0. The average molecular weight is 326 g/mol. The maximum atomic E-state index is 10.6. The Kier molecular flexibility index (Phi) is 3.83. The second kappa shape index (κ2) is 5.36.